The molecule has 0 atom stereocenters. The van der Waals surface area contributed by atoms with Gasteiger partial charge in [0.1, 0.15) is 11.6 Å². The molecule has 0 aliphatic carbocycles. The molecule has 2 aromatic rings. The minimum atomic E-state index is -0.857. The van der Waals surface area contributed by atoms with Gasteiger partial charge >= 0.3 is 6.03 Å². The van der Waals surface area contributed by atoms with E-state index in [0.29, 0.717) is 6.07 Å². The fraction of sp³-hybridized carbons (Fsp3) is 0. The number of benzene rings is 1. The van der Waals surface area contributed by atoms with E-state index in [-0.39, 0.29) is 11.5 Å². The molecule has 0 fully saturated rings. The van der Waals surface area contributed by atoms with E-state index in [1.165, 1.54) is 18.6 Å². The van der Waals surface area contributed by atoms with E-state index >= 15 is 0 Å². The van der Waals surface area contributed by atoms with Crippen molar-refractivity contribution in [2.45, 2.75) is 0 Å². The van der Waals surface area contributed by atoms with Crippen LogP contribution >= 0.6 is 0 Å². The molecule has 0 saturated carbocycles. The van der Waals surface area contributed by atoms with E-state index in [2.05, 4.69) is 20.6 Å². The average Bonchev–Trinajstić information content (AvgIpc) is 2.34. The third-order valence-corrected chi connectivity index (χ3v) is 1.98. The number of anilines is 2. The van der Waals surface area contributed by atoms with E-state index in [4.69, 9.17) is 0 Å². The summed E-state index contributed by atoms with van der Waals surface area (Å²) in [5.74, 6) is -1.35. The van der Waals surface area contributed by atoms with Crippen molar-refractivity contribution in [2.24, 2.45) is 0 Å². The second kappa shape index (κ2) is 5.17. The predicted molar refractivity (Wildman–Crippen MR) is 61.0 cm³/mol. The highest BCUT2D eigenvalue weighted by Crippen LogP contribution is 2.15. The van der Waals surface area contributed by atoms with Crippen LogP contribution in [0.4, 0.5) is 25.1 Å². The summed E-state index contributed by atoms with van der Waals surface area (Å²) in [4.78, 5) is 19.0. The first-order chi connectivity index (χ1) is 8.65. The highest BCUT2D eigenvalue weighted by molar-refractivity contribution is 5.99. The maximum absolute atomic E-state index is 13.2. The van der Waals surface area contributed by atoms with Crippen LogP contribution in [0.25, 0.3) is 0 Å². The summed E-state index contributed by atoms with van der Waals surface area (Å²) in [5.41, 5.74) is -0.127. The molecule has 0 aliphatic rings. The predicted octanol–water partition coefficient (Wildman–Crippen LogP) is 2.40. The Morgan fingerprint density at radius 2 is 2.00 bits per heavy atom. The molecule has 5 nitrogen and oxygen atoms in total. The van der Waals surface area contributed by atoms with Crippen molar-refractivity contribution in [3.8, 4) is 0 Å². The van der Waals surface area contributed by atoms with Crippen molar-refractivity contribution in [3.63, 3.8) is 0 Å². The van der Waals surface area contributed by atoms with Crippen LogP contribution in [0.5, 0.6) is 0 Å². The maximum Gasteiger partial charge on any atom is 0.324 e. The number of nitrogens with zero attached hydrogens (tertiary/aromatic N) is 2. The average molecular weight is 250 g/mol. The monoisotopic (exact) mass is 250 g/mol. The summed E-state index contributed by atoms with van der Waals surface area (Å²) in [6.45, 7) is 0. The fourth-order valence-corrected chi connectivity index (χ4v) is 1.22. The second-order valence-electron chi connectivity index (χ2n) is 3.29. The van der Waals surface area contributed by atoms with Crippen molar-refractivity contribution in [1.82, 2.24) is 9.97 Å². The third kappa shape index (κ3) is 2.97. The lowest BCUT2D eigenvalue weighted by atomic mass is 10.3. The molecule has 18 heavy (non-hydrogen) atoms. The van der Waals surface area contributed by atoms with Gasteiger partial charge in [-0.05, 0) is 12.1 Å². The first kappa shape index (κ1) is 11.9. The number of carbonyl (C=O) groups is 1. The van der Waals surface area contributed by atoms with Gasteiger partial charge in [-0.2, -0.15) is 0 Å². The lowest BCUT2D eigenvalue weighted by molar-refractivity contribution is 0.262. The van der Waals surface area contributed by atoms with Gasteiger partial charge in [-0.15, -0.1) is 0 Å². The number of aromatic nitrogens is 2. The van der Waals surface area contributed by atoms with Crippen molar-refractivity contribution < 1.29 is 13.6 Å². The van der Waals surface area contributed by atoms with Gasteiger partial charge in [0.15, 0.2) is 5.82 Å². The molecular formula is C11H8F2N4O. The SMILES string of the molecule is O=C(Nc1cnccn1)Nc1ccc(F)cc1F. The second-order valence-corrected chi connectivity index (χ2v) is 3.29. The van der Waals surface area contributed by atoms with Gasteiger partial charge in [0.25, 0.3) is 0 Å². The Morgan fingerprint density at radius 3 is 2.67 bits per heavy atom. The Labute approximate surface area is 101 Å². The molecule has 0 unspecified atom stereocenters. The number of amides is 2. The summed E-state index contributed by atoms with van der Waals surface area (Å²) < 4.78 is 25.9. The number of nitrogens with one attached hydrogen (secondary N) is 2. The molecular weight excluding hydrogens is 242 g/mol. The van der Waals surface area contributed by atoms with Gasteiger partial charge in [0.2, 0.25) is 0 Å². The zero-order chi connectivity index (χ0) is 13.0. The van der Waals surface area contributed by atoms with Crippen LogP contribution in [0.3, 0.4) is 0 Å². The van der Waals surface area contributed by atoms with Crippen LogP contribution in [0.1, 0.15) is 0 Å². The number of hydrogen-bond donors (Lipinski definition) is 2. The van der Waals surface area contributed by atoms with E-state index in [1.54, 1.807) is 0 Å². The van der Waals surface area contributed by atoms with E-state index in [9.17, 15) is 13.6 Å². The largest absolute Gasteiger partial charge is 0.324 e. The maximum atomic E-state index is 13.2. The Kier molecular flexibility index (Phi) is 3.42. The fourth-order valence-electron chi connectivity index (χ4n) is 1.22. The van der Waals surface area contributed by atoms with Crippen LogP contribution in [0.2, 0.25) is 0 Å². The van der Waals surface area contributed by atoms with Gasteiger partial charge in [-0.3, -0.25) is 10.3 Å². The smallest absolute Gasteiger partial charge is 0.305 e. The highest BCUT2D eigenvalue weighted by Gasteiger charge is 2.08. The van der Waals surface area contributed by atoms with Crippen molar-refractivity contribution in [1.29, 1.82) is 0 Å². The number of urea groups is 1. The van der Waals surface area contributed by atoms with Crippen molar-refractivity contribution >= 4 is 17.5 Å². The van der Waals surface area contributed by atoms with Crippen LogP contribution in [0.15, 0.2) is 36.8 Å². The standard InChI is InChI=1S/C11H8F2N4O/c12-7-1-2-9(8(13)5-7)16-11(18)17-10-6-14-3-4-15-10/h1-6H,(H2,15,16,17,18). The summed E-state index contributed by atoms with van der Waals surface area (Å²) in [7, 11) is 0. The van der Waals surface area contributed by atoms with Gasteiger partial charge in [0, 0.05) is 18.5 Å². The zero-order valence-electron chi connectivity index (χ0n) is 9.02. The molecule has 1 aromatic carbocycles. The van der Waals surface area contributed by atoms with E-state index < -0.39 is 17.7 Å². The Bertz CT molecular complexity index is 562. The van der Waals surface area contributed by atoms with Crippen molar-refractivity contribution in [2.75, 3.05) is 10.6 Å². The number of carbonyl (C=O) groups excluding carboxylic acids is 1. The first-order valence-electron chi connectivity index (χ1n) is 4.94. The highest BCUT2D eigenvalue weighted by atomic mass is 19.1. The van der Waals surface area contributed by atoms with Gasteiger partial charge in [0.05, 0.1) is 11.9 Å². The van der Waals surface area contributed by atoms with Gasteiger partial charge in [-0.1, -0.05) is 0 Å². The van der Waals surface area contributed by atoms with E-state index in [1.807, 2.05) is 0 Å². The van der Waals surface area contributed by atoms with E-state index in [0.717, 1.165) is 12.1 Å². The zero-order valence-corrected chi connectivity index (χ0v) is 9.02. The number of hydrogen-bond acceptors (Lipinski definition) is 3. The molecule has 2 rings (SSSR count). The first-order valence-corrected chi connectivity index (χ1v) is 4.94. The summed E-state index contributed by atoms with van der Waals surface area (Å²) in [6, 6.07) is 2.15. The molecule has 0 aliphatic heterocycles. The van der Waals surface area contributed by atoms with Crippen LogP contribution in [0, 0.1) is 11.6 Å². The number of rotatable bonds is 2. The van der Waals surface area contributed by atoms with Gasteiger partial charge in [-0.25, -0.2) is 18.6 Å². The lowest BCUT2D eigenvalue weighted by Gasteiger charge is -2.07. The molecule has 2 amide bonds. The molecule has 1 aromatic heterocycles. The molecule has 2 N–H and O–H groups in total. The third-order valence-electron chi connectivity index (χ3n) is 1.98. The molecule has 1 heterocycles. The minimum Gasteiger partial charge on any atom is -0.305 e. The Morgan fingerprint density at radius 1 is 1.17 bits per heavy atom. The van der Waals surface area contributed by atoms with Gasteiger partial charge < -0.3 is 5.32 Å². The van der Waals surface area contributed by atoms with Crippen LogP contribution in [-0.2, 0) is 0 Å². The molecule has 0 bridgehead atoms. The molecule has 7 heteroatoms. The lowest BCUT2D eigenvalue weighted by Crippen LogP contribution is -2.20. The summed E-state index contributed by atoms with van der Waals surface area (Å²) in [6.07, 6.45) is 4.18. The Hall–Kier alpha value is -2.57. The summed E-state index contributed by atoms with van der Waals surface area (Å²) >= 11 is 0. The summed E-state index contributed by atoms with van der Waals surface area (Å²) in [5, 5.41) is 4.57. The topological polar surface area (TPSA) is 66.9 Å². The number of halogens is 2. The normalized spacial score (nSPS) is 9.89. The molecule has 0 radical (unpaired) electrons. The minimum absolute atomic E-state index is 0.127. The molecule has 0 spiro atoms. The quantitative estimate of drug-likeness (QED) is 0.860. The molecule has 0 saturated heterocycles. The van der Waals surface area contributed by atoms with Crippen molar-refractivity contribution in [3.05, 3.63) is 48.4 Å². The van der Waals surface area contributed by atoms with Crippen LogP contribution in [-0.4, -0.2) is 16.0 Å². The van der Waals surface area contributed by atoms with Crippen LogP contribution < -0.4 is 10.6 Å². The Balaban J connectivity index is 2.03. The molecule has 92 valence electrons.